The van der Waals surface area contributed by atoms with E-state index in [0.717, 1.165) is 47.9 Å². The molecule has 0 spiro atoms. The van der Waals surface area contributed by atoms with Gasteiger partial charge in [0, 0.05) is 55.6 Å². The molecule has 152 valence electrons. The number of para-hydroxylation sites is 1. The lowest BCUT2D eigenvalue weighted by Gasteiger charge is -2.34. The van der Waals surface area contributed by atoms with Crippen molar-refractivity contribution in [2.45, 2.75) is 10.1 Å². The van der Waals surface area contributed by atoms with Crippen LogP contribution in [0.15, 0.2) is 63.9 Å². The van der Waals surface area contributed by atoms with Gasteiger partial charge in [0.05, 0.1) is 5.69 Å². The molecule has 0 amide bonds. The summed E-state index contributed by atoms with van der Waals surface area (Å²) in [5.41, 5.74) is 1.03. The fourth-order valence-electron chi connectivity index (χ4n) is 2.79. The average molecular weight is 415 g/mol. The molecule has 4 rings (SSSR count). The molecular weight excluding hydrogens is 394 g/mol. The number of imidazole rings is 1. The van der Waals surface area contributed by atoms with E-state index in [-0.39, 0.29) is 0 Å². The van der Waals surface area contributed by atoms with E-state index in [1.807, 2.05) is 18.5 Å². The number of fused-ring (bicyclic) bond motifs is 2. The van der Waals surface area contributed by atoms with Crippen molar-refractivity contribution in [3.8, 4) is 0 Å². The van der Waals surface area contributed by atoms with Crippen molar-refractivity contribution in [2.75, 3.05) is 33.2 Å². The number of piperazine rings is 1. The first-order valence-electron chi connectivity index (χ1n) is 8.91. The third kappa shape index (κ3) is 5.46. The second-order valence-corrected chi connectivity index (χ2v) is 7.37. The summed E-state index contributed by atoms with van der Waals surface area (Å²) in [6, 6.07) is 8.27. The molecule has 1 aromatic carbocycles. The predicted octanol–water partition coefficient (Wildman–Crippen LogP) is 1.84. The van der Waals surface area contributed by atoms with Gasteiger partial charge < -0.3 is 20.0 Å². The van der Waals surface area contributed by atoms with Crippen LogP contribution in [0.2, 0.25) is 0 Å². The summed E-state index contributed by atoms with van der Waals surface area (Å²) in [7, 11) is 2.17. The zero-order valence-corrected chi connectivity index (χ0v) is 16.6. The Morgan fingerprint density at radius 2 is 1.72 bits per heavy atom. The molecule has 0 aliphatic carbocycles. The molecule has 9 nitrogen and oxygen atoms in total. The smallest absolute Gasteiger partial charge is 0.328 e. The van der Waals surface area contributed by atoms with Crippen molar-refractivity contribution < 1.29 is 19.8 Å². The maximum Gasteiger partial charge on any atom is 0.328 e. The Kier molecular flexibility index (Phi) is 6.68. The fourth-order valence-corrected chi connectivity index (χ4v) is 3.70. The number of likely N-dealkylation sites (N-methyl/N-ethyl adjacent to an activating group) is 1. The predicted molar refractivity (Wildman–Crippen MR) is 109 cm³/mol. The van der Waals surface area contributed by atoms with Crippen LogP contribution in [0.5, 0.6) is 0 Å². The van der Waals surface area contributed by atoms with E-state index in [0.29, 0.717) is 12.2 Å². The molecule has 2 N–H and O–H groups in total. The third-order valence-corrected chi connectivity index (χ3v) is 5.31. The fraction of sp³-hybridized carbons (Fsp3) is 0.263. The van der Waals surface area contributed by atoms with Gasteiger partial charge in [-0.3, -0.25) is 4.57 Å². The molecule has 1 saturated heterocycles. The minimum absolute atomic E-state index is 0.558. The van der Waals surface area contributed by atoms with Crippen LogP contribution >= 0.6 is 11.8 Å². The molecule has 0 saturated carbocycles. The van der Waals surface area contributed by atoms with Gasteiger partial charge in [0.1, 0.15) is 0 Å². The summed E-state index contributed by atoms with van der Waals surface area (Å²) >= 11 is 1.68. The van der Waals surface area contributed by atoms with Gasteiger partial charge in [-0.25, -0.2) is 19.6 Å². The number of aliphatic carboxylic acids is 2. The van der Waals surface area contributed by atoms with Crippen LogP contribution in [0.25, 0.3) is 0 Å². The van der Waals surface area contributed by atoms with Crippen LogP contribution < -0.4 is 0 Å². The SMILES string of the molecule is CN1CCN(C2=Nc3ccccc3Sc3nccn32)CC1.O=C(O)/C=C/C(=O)O. The van der Waals surface area contributed by atoms with Gasteiger partial charge in [0.2, 0.25) is 5.96 Å². The molecule has 1 aromatic heterocycles. The molecule has 3 heterocycles. The Balaban J connectivity index is 0.000000258. The maximum atomic E-state index is 9.55. The molecule has 10 heteroatoms. The van der Waals surface area contributed by atoms with Crippen molar-refractivity contribution in [3.05, 3.63) is 48.8 Å². The highest BCUT2D eigenvalue weighted by molar-refractivity contribution is 7.99. The highest BCUT2D eigenvalue weighted by Gasteiger charge is 2.24. The summed E-state index contributed by atoms with van der Waals surface area (Å²) in [5, 5.41) is 16.6. The first kappa shape index (κ1) is 20.6. The molecule has 0 unspecified atom stereocenters. The normalized spacial score (nSPS) is 16.2. The van der Waals surface area contributed by atoms with E-state index in [9.17, 15) is 9.59 Å². The zero-order chi connectivity index (χ0) is 20.8. The van der Waals surface area contributed by atoms with E-state index in [1.165, 1.54) is 0 Å². The Labute approximate surface area is 172 Å². The lowest BCUT2D eigenvalue weighted by atomic mass is 10.3. The van der Waals surface area contributed by atoms with E-state index in [2.05, 4.69) is 44.6 Å². The number of hydrogen-bond donors (Lipinski definition) is 2. The number of aliphatic imine (C=N–C) groups is 1. The largest absolute Gasteiger partial charge is 0.478 e. The zero-order valence-electron chi connectivity index (χ0n) is 15.8. The molecule has 1 fully saturated rings. The minimum Gasteiger partial charge on any atom is -0.478 e. The van der Waals surface area contributed by atoms with Crippen molar-refractivity contribution >= 4 is 35.3 Å². The number of carboxylic acids is 2. The summed E-state index contributed by atoms with van der Waals surface area (Å²) in [6.45, 7) is 4.13. The second-order valence-electron chi connectivity index (χ2n) is 6.36. The Bertz CT molecular complexity index is 932. The monoisotopic (exact) mass is 415 g/mol. The summed E-state index contributed by atoms with van der Waals surface area (Å²) in [5.74, 6) is -1.52. The van der Waals surface area contributed by atoms with Crippen molar-refractivity contribution in [1.29, 1.82) is 0 Å². The highest BCUT2D eigenvalue weighted by atomic mass is 32.2. The van der Waals surface area contributed by atoms with Crippen LogP contribution in [0, 0.1) is 0 Å². The van der Waals surface area contributed by atoms with E-state index < -0.39 is 11.9 Å². The highest BCUT2D eigenvalue weighted by Crippen LogP contribution is 2.37. The van der Waals surface area contributed by atoms with Gasteiger partial charge in [-0.2, -0.15) is 0 Å². The Morgan fingerprint density at radius 3 is 2.38 bits per heavy atom. The lowest BCUT2D eigenvalue weighted by Crippen LogP contribution is -2.49. The van der Waals surface area contributed by atoms with Gasteiger partial charge in [0.25, 0.3) is 0 Å². The standard InChI is InChI=1S/C15H17N5S.C4H4O4/c1-18-8-10-19(11-9-18)14-17-12-4-2-3-5-13(12)21-15-16-6-7-20(14)15;5-3(6)1-2-4(7)8/h2-7H,8-11H2,1H3;1-2H,(H,5,6)(H,7,8)/b;2-1+. The number of carboxylic acid groups (broad SMARTS) is 2. The topological polar surface area (TPSA) is 111 Å². The number of carbonyl (C=O) groups is 2. The summed E-state index contributed by atoms with van der Waals surface area (Å²) < 4.78 is 2.11. The van der Waals surface area contributed by atoms with Crippen LogP contribution in [0.1, 0.15) is 0 Å². The molecule has 0 bridgehead atoms. The van der Waals surface area contributed by atoms with Crippen molar-refractivity contribution in [3.63, 3.8) is 0 Å². The quantitative estimate of drug-likeness (QED) is 0.715. The summed E-state index contributed by atoms with van der Waals surface area (Å²) in [6.07, 6.45) is 4.97. The molecule has 2 aromatic rings. The first-order chi connectivity index (χ1) is 13.9. The first-order valence-corrected chi connectivity index (χ1v) is 9.72. The molecule has 2 aliphatic heterocycles. The van der Waals surface area contributed by atoms with Gasteiger partial charge in [-0.05, 0) is 30.9 Å². The van der Waals surface area contributed by atoms with Gasteiger partial charge in [-0.15, -0.1) is 0 Å². The van der Waals surface area contributed by atoms with Crippen LogP contribution in [-0.2, 0) is 9.59 Å². The van der Waals surface area contributed by atoms with Crippen molar-refractivity contribution in [1.82, 2.24) is 19.4 Å². The third-order valence-electron chi connectivity index (χ3n) is 4.26. The van der Waals surface area contributed by atoms with Gasteiger partial charge >= 0.3 is 11.9 Å². The van der Waals surface area contributed by atoms with E-state index in [1.54, 1.807) is 11.8 Å². The minimum atomic E-state index is -1.26. The van der Waals surface area contributed by atoms with Gasteiger partial charge in [-0.1, -0.05) is 12.1 Å². The van der Waals surface area contributed by atoms with Crippen LogP contribution in [0.4, 0.5) is 5.69 Å². The molecule has 0 radical (unpaired) electrons. The number of hydrogen-bond acceptors (Lipinski definition) is 7. The maximum absolute atomic E-state index is 9.55. The molecule has 0 atom stereocenters. The average Bonchev–Trinajstić information content (AvgIpc) is 3.09. The Hall–Kier alpha value is -3.11. The second kappa shape index (κ2) is 9.39. The summed E-state index contributed by atoms with van der Waals surface area (Å²) in [4.78, 5) is 34.4. The molecule has 29 heavy (non-hydrogen) atoms. The number of rotatable bonds is 2. The van der Waals surface area contributed by atoms with Crippen LogP contribution in [-0.4, -0.2) is 80.7 Å². The molecule has 2 aliphatic rings. The van der Waals surface area contributed by atoms with Crippen LogP contribution in [0.3, 0.4) is 0 Å². The Morgan fingerprint density at radius 1 is 1.07 bits per heavy atom. The van der Waals surface area contributed by atoms with Crippen molar-refractivity contribution in [2.24, 2.45) is 4.99 Å². The number of nitrogens with zero attached hydrogens (tertiary/aromatic N) is 5. The van der Waals surface area contributed by atoms with E-state index in [4.69, 9.17) is 15.2 Å². The lowest BCUT2D eigenvalue weighted by molar-refractivity contribution is -0.134. The number of aromatic nitrogens is 2. The number of benzene rings is 1. The van der Waals surface area contributed by atoms with E-state index >= 15 is 0 Å². The molecular formula is C19H21N5O4S. The van der Waals surface area contributed by atoms with Gasteiger partial charge in [0.15, 0.2) is 5.16 Å².